The van der Waals surface area contributed by atoms with Crippen molar-refractivity contribution in [2.24, 2.45) is 0 Å². The van der Waals surface area contributed by atoms with Crippen molar-refractivity contribution in [1.29, 1.82) is 5.26 Å². The molecule has 0 saturated heterocycles. The zero-order valence-corrected chi connectivity index (χ0v) is 11.4. The second kappa shape index (κ2) is 6.13. The number of nitrogens with zero attached hydrogens (tertiary/aromatic N) is 3. The summed E-state index contributed by atoms with van der Waals surface area (Å²) in [5, 5.41) is 22.4. The number of nitrogens with one attached hydrogen (secondary N) is 1. The number of hydrogen-bond donors (Lipinski definition) is 1. The van der Waals surface area contributed by atoms with Crippen molar-refractivity contribution >= 4 is 11.5 Å². The molecule has 22 heavy (non-hydrogen) atoms. The molecule has 0 bridgehead atoms. The summed E-state index contributed by atoms with van der Waals surface area (Å²) in [6, 6.07) is 6.70. The number of benzene rings is 1. The first kappa shape index (κ1) is 15.3. The highest BCUT2D eigenvalue weighted by atomic mass is 19.1. The van der Waals surface area contributed by atoms with E-state index in [4.69, 9.17) is 5.26 Å². The highest BCUT2D eigenvalue weighted by Gasteiger charge is 2.17. The summed E-state index contributed by atoms with van der Waals surface area (Å²) in [6.07, 6.45) is 0. The molecule has 0 aliphatic carbocycles. The Kier molecular flexibility index (Phi) is 4.27. The maximum atomic E-state index is 13.7. The third-order valence-corrected chi connectivity index (χ3v) is 2.97. The molecule has 0 saturated carbocycles. The maximum absolute atomic E-state index is 13.7. The van der Waals surface area contributed by atoms with Gasteiger partial charge in [-0.05, 0) is 19.1 Å². The molecule has 0 fully saturated rings. The van der Waals surface area contributed by atoms with Gasteiger partial charge < -0.3 is 5.32 Å². The van der Waals surface area contributed by atoms with Gasteiger partial charge in [-0.15, -0.1) is 0 Å². The van der Waals surface area contributed by atoms with E-state index in [1.165, 1.54) is 12.1 Å². The van der Waals surface area contributed by atoms with Crippen molar-refractivity contribution in [2.45, 2.75) is 13.0 Å². The monoisotopic (exact) mass is 304 g/mol. The molecule has 1 unspecified atom stereocenters. The maximum Gasteiger partial charge on any atom is 0.305 e. The molecule has 2 aromatic rings. The summed E-state index contributed by atoms with van der Waals surface area (Å²) in [6.45, 7) is 1.62. The van der Waals surface area contributed by atoms with E-state index in [0.717, 1.165) is 18.2 Å². The summed E-state index contributed by atoms with van der Waals surface area (Å²) in [4.78, 5) is 13.8. The van der Waals surface area contributed by atoms with Crippen LogP contribution in [0, 0.1) is 33.1 Å². The van der Waals surface area contributed by atoms with Crippen LogP contribution in [0.5, 0.6) is 0 Å². The van der Waals surface area contributed by atoms with Crippen LogP contribution in [-0.2, 0) is 0 Å². The van der Waals surface area contributed by atoms with Gasteiger partial charge >= 0.3 is 5.69 Å². The van der Waals surface area contributed by atoms with Gasteiger partial charge in [-0.1, -0.05) is 6.07 Å². The number of rotatable bonds is 4. The normalized spacial score (nSPS) is 11.5. The first-order valence-electron chi connectivity index (χ1n) is 6.19. The molecule has 0 spiro atoms. The summed E-state index contributed by atoms with van der Waals surface area (Å²) in [5.74, 6) is -1.23. The molecule has 6 nitrogen and oxygen atoms in total. The Balaban J connectivity index is 2.27. The van der Waals surface area contributed by atoms with Crippen molar-refractivity contribution in [3.8, 4) is 6.07 Å². The first-order chi connectivity index (χ1) is 10.4. The van der Waals surface area contributed by atoms with Gasteiger partial charge in [0.1, 0.15) is 23.5 Å². The van der Waals surface area contributed by atoms with E-state index in [-0.39, 0.29) is 17.1 Å². The van der Waals surface area contributed by atoms with Crippen LogP contribution >= 0.6 is 0 Å². The minimum atomic E-state index is -0.720. The molecule has 0 amide bonds. The van der Waals surface area contributed by atoms with Crippen molar-refractivity contribution < 1.29 is 13.7 Å². The fraction of sp³-hybridized carbons (Fsp3) is 0.143. The van der Waals surface area contributed by atoms with E-state index in [9.17, 15) is 18.9 Å². The van der Waals surface area contributed by atoms with E-state index in [2.05, 4.69) is 10.3 Å². The third-order valence-electron chi connectivity index (χ3n) is 2.97. The summed E-state index contributed by atoms with van der Waals surface area (Å²) in [7, 11) is 0. The lowest BCUT2D eigenvalue weighted by molar-refractivity contribution is -0.385. The summed E-state index contributed by atoms with van der Waals surface area (Å²) >= 11 is 0. The van der Waals surface area contributed by atoms with Gasteiger partial charge in [0.15, 0.2) is 0 Å². The Labute approximate surface area is 124 Å². The van der Waals surface area contributed by atoms with Gasteiger partial charge in [0, 0.05) is 17.7 Å². The number of nitro groups is 1. The van der Waals surface area contributed by atoms with E-state index in [1.807, 2.05) is 0 Å². The molecular weight excluding hydrogens is 294 g/mol. The first-order valence-corrected chi connectivity index (χ1v) is 6.19. The number of pyridine rings is 1. The summed E-state index contributed by atoms with van der Waals surface area (Å²) < 4.78 is 26.6. The zero-order chi connectivity index (χ0) is 16.3. The number of halogens is 2. The molecule has 0 aliphatic rings. The average Bonchev–Trinajstić information content (AvgIpc) is 2.46. The lowest BCUT2D eigenvalue weighted by Crippen LogP contribution is -2.10. The van der Waals surface area contributed by atoms with Crippen LogP contribution in [-0.4, -0.2) is 9.91 Å². The molecule has 112 valence electrons. The van der Waals surface area contributed by atoms with Crippen molar-refractivity contribution in [3.05, 3.63) is 63.3 Å². The number of aromatic nitrogens is 1. The Hall–Kier alpha value is -3.08. The quantitative estimate of drug-likeness (QED) is 0.691. The minimum Gasteiger partial charge on any atom is -0.363 e. The molecule has 1 heterocycles. The predicted octanol–water partition coefficient (Wildman–Crippen LogP) is 3.31. The van der Waals surface area contributed by atoms with Gasteiger partial charge in [-0.25, -0.2) is 13.8 Å². The largest absolute Gasteiger partial charge is 0.363 e. The molecule has 1 N–H and O–H groups in total. The second-order valence-corrected chi connectivity index (χ2v) is 4.46. The smallest absolute Gasteiger partial charge is 0.305 e. The van der Waals surface area contributed by atoms with Crippen LogP contribution < -0.4 is 5.32 Å². The molecule has 1 atom stereocenters. The molecule has 2 rings (SSSR count). The topological polar surface area (TPSA) is 91.9 Å². The molecular formula is C14H10F2N4O2. The fourth-order valence-electron chi connectivity index (χ4n) is 1.91. The van der Waals surface area contributed by atoms with E-state index < -0.39 is 28.3 Å². The second-order valence-electron chi connectivity index (χ2n) is 4.46. The average molecular weight is 304 g/mol. The van der Waals surface area contributed by atoms with Gasteiger partial charge in [0.2, 0.25) is 5.69 Å². The highest BCUT2D eigenvalue weighted by molar-refractivity contribution is 5.51. The number of hydrogen-bond acceptors (Lipinski definition) is 5. The molecule has 0 radical (unpaired) electrons. The van der Waals surface area contributed by atoms with Crippen LogP contribution in [0.4, 0.5) is 20.3 Å². The Bertz CT molecular complexity index is 774. The molecule has 1 aromatic carbocycles. The van der Waals surface area contributed by atoms with Gasteiger partial charge in [-0.3, -0.25) is 10.1 Å². The van der Waals surface area contributed by atoms with E-state index in [0.29, 0.717) is 0 Å². The number of nitriles is 1. The van der Waals surface area contributed by atoms with Crippen LogP contribution in [0.3, 0.4) is 0 Å². The molecule has 1 aromatic heterocycles. The van der Waals surface area contributed by atoms with E-state index in [1.54, 1.807) is 13.0 Å². The van der Waals surface area contributed by atoms with Gasteiger partial charge in [-0.2, -0.15) is 5.26 Å². The van der Waals surface area contributed by atoms with Crippen LogP contribution in [0.15, 0.2) is 30.3 Å². The lowest BCUT2D eigenvalue weighted by Gasteiger charge is -2.15. The van der Waals surface area contributed by atoms with E-state index >= 15 is 0 Å². The minimum absolute atomic E-state index is 0.179. The van der Waals surface area contributed by atoms with Crippen LogP contribution in [0.25, 0.3) is 0 Å². The predicted molar refractivity (Wildman–Crippen MR) is 74.0 cm³/mol. The zero-order valence-electron chi connectivity index (χ0n) is 11.4. The SMILES string of the molecule is CC(Nc1ccc([N+](=O)[O-])c(C#N)n1)c1ccc(F)cc1F. The highest BCUT2D eigenvalue weighted by Crippen LogP contribution is 2.24. The molecule has 8 heteroatoms. The fourth-order valence-corrected chi connectivity index (χ4v) is 1.91. The lowest BCUT2D eigenvalue weighted by atomic mass is 10.1. The molecule has 0 aliphatic heterocycles. The standard InChI is InChI=1S/C14H10F2N4O2/c1-8(10-3-2-9(15)6-11(10)16)18-14-5-4-13(20(21)22)12(7-17)19-14/h2-6,8H,1H3,(H,18,19). The van der Waals surface area contributed by atoms with Gasteiger partial charge in [0.25, 0.3) is 0 Å². The van der Waals surface area contributed by atoms with Crippen molar-refractivity contribution in [3.63, 3.8) is 0 Å². The third kappa shape index (κ3) is 3.15. The Morgan fingerprint density at radius 3 is 2.68 bits per heavy atom. The Morgan fingerprint density at radius 2 is 2.09 bits per heavy atom. The number of anilines is 1. The Morgan fingerprint density at radius 1 is 1.36 bits per heavy atom. The van der Waals surface area contributed by atoms with Crippen molar-refractivity contribution in [2.75, 3.05) is 5.32 Å². The van der Waals surface area contributed by atoms with Crippen molar-refractivity contribution in [1.82, 2.24) is 4.98 Å². The van der Waals surface area contributed by atoms with Gasteiger partial charge in [0.05, 0.1) is 11.0 Å². The van der Waals surface area contributed by atoms with Crippen LogP contribution in [0.2, 0.25) is 0 Å². The summed E-state index contributed by atoms with van der Waals surface area (Å²) in [5.41, 5.74) is -0.546. The van der Waals surface area contributed by atoms with Crippen LogP contribution in [0.1, 0.15) is 24.2 Å².